The van der Waals surface area contributed by atoms with E-state index in [-0.39, 0.29) is 23.2 Å². The molecule has 2 aliphatic rings. The molecule has 2 bridgehead atoms. The van der Waals surface area contributed by atoms with Gasteiger partial charge in [0.05, 0.1) is 37.3 Å². The second-order valence-electron chi connectivity index (χ2n) is 9.47. The van der Waals surface area contributed by atoms with E-state index in [0.717, 1.165) is 25.1 Å². The zero-order chi connectivity index (χ0) is 25.8. The van der Waals surface area contributed by atoms with E-state index in [1.54, 1.807) is 31.4 Å². The van der Waals surface area contributed by atoms with Gasteiger partial charge in [-0.15, -0.1) is 0 Å². The van der Waals surface area contributed by atoms with Crippen molar-refractivity contribution in [2.45, 2.75) is 45.0 Å². The summed E-state index contributed by atoms with van der Waals surface area (Å²) < 4.78 is 32.4. The smallest absolute Gasteiger partial charge is 0.292 e. The number of amides is 1. The van der Waals surface area contributed by atoms with Crippen molar-refractivity contribution in [1.29, 1.82) is 0 Å². The summed E-state index contributed by atoms with van der Waals surface area (Å²) >= 11 is -1.48. The van der Waals surface area contributed by atoms with Crippen molar-refractivity contribution in [2.24, 2.45) is 11.8 Å². The number of nitrogens with zero attached hydrogens (tertiary/aromatic N) is 1. The largest absolute Gasteiger partial charge is 0.593 e. The molecule has 2 aliphatic heterocycles. The van der Waals surface area contributed by atoms with Gasteiger partial charge in [0.15, 0.2) is 0 Å². The minimum atomic E-state index is -1.48. The lowest BCUT2D eigenvalue weighted by molar-refractivity contribution is 0.0496. The predicted molar refractivity (Wildman–Crippen MR) is 142 cm³/mol. The van der Waals surface area contributed by atoms with E-state index < -0.39 is 11.4 Å². The Hall–Kier alpha value is -1.84. The highest BCUT2D eigenvalue weighted by molar-refractivity contribution is 7.90. The van der Waals surface area contributed by atoms with Crippen LogP contribution in [-0.2, 0) is 20.8 Å². The summed E-state index contributed by atoms with van der Waals surface area (Å²) in [5.41, 5.74) is 1.47. The fourth-order valence-corrected chi connectivity index (χ4v) is 4.77. The summed E-state index contributed by atoms with van der Waals surface area (Å²) in [6.07, 6.45) is 5.25. The Morgan fingerprint density at radius 3 is 2.60 bits per heavy atom. The first-order valence-electron chi connectivity index (χ1n) is 12.3. The number of hydrogen-bond acceptors (Lipinski definition) is 6. The van der Waals surface area contributed by atoms with E-state index in [1.165, 1.54) is 0 Å². The van der Waals surface area contributed by atoms with Gasteiger partial charge in [-0.2, -0.15) is 4.72 Å². The lowest BCUT2D eigenvalue weighted by atomic mass is 9.96. The molecular weight excluding hydrogens is 464 g/mol. The molecule has 1 N–H and O–H groups in total. The molecule has 3 rings (SSSR count). The minimum Gasteiger partial charge on any atom is -0.593 e. The maximum atomic E-state index is 12.6. The van der Waals surface area contributed by atoms with Gasteiger partial charge >= 0.3 is 0 Å². The molecule has 5 unspecified atom stereocenters. The van der Waals surface area contributed by atoms with E-state index in [9.17, 15) is 9.35 Å². The van der Waals surface area contributed by atoms with Gasteiger partial charge in [-0.3, -0.25) is 4.79 Å². The fourth-order valence-electron chi connectivity index (χ4n) is 3.92. The number of carbonyl (C=O) groups is 1. The van der Waals surface area contributed by atoms with Crippen LogP contribution in [0.25, 0.3) is 0 Å². The Morgan fingerprint density at radius 1 is 1.20 bits per heavy atom. The third-order valence-electron chi connectivity index (χ3n) is 6.05. The van der Waals surface area contributed by atoms with Gasteiger partial charge in [-0.05, 0) is 56.1 Å². The first-order chi connectivity index (χ1) is 16.7. The normalized spacial score (nSPS) is 29.1. The third kappa shape index (κ3) is 10.4. The maximum absolute atomic E-state index is 12.6. The van der Waals surface area contributed by atoms with E-state index in [2.05, 4.69) is 43.2 Å². The minimum absolute atomic E-state index is 0.189. The van der Waals surface area contributed by atoms with Crippen LogP contribution >= 0.6 is 0 Å². The van der Waals surface area contributed by atoms with E-state index in [1.807, 2.05) is 13.0 Å². The number of hydrogen-bond donors (Lipinski definition) is 1. The van der Waals surface area contributed by atoms with Gasteiger partial charge in [0.25, 0.3) is 5.91 Å². The van der Waals surface area contributed by atoms with Crippen LogP contribution in [0.4, 0.5) is 0 Å². The lowest BCUT2D eigenvalue weighted by Crippen LogP contribution is -2.37. The zero-order valence-corrected chi connectivity index (χ0v) is 22.6. The number of nitrogens with one attached hydrogen (secondary N) is 1. The van der Waals surface area contributed by atoms with Gasteiger partial charge < -0.3 is 23.7 Å². The van der Waals surface area contributed by atoms with Crippen LogP contribution in [0.3, 0.4) is 0 Å². The summed E-state index contributed by atoms with van der Waals surface area (Å²) in [6.45, 7) is 13.9. The monoisotopic (exact) mass is 506 g/mol. The highest BCUT2D eigenvalue weighted by Crippen LogP contribution is 2.20. The third-order valence-corrected chi connectivity index (χ3v) is 7.41. The van der Waals surface area contributed by atoms with Gasteiger partial charge in [0.1, 0.15) is 11.0 Å². The Kier molecular flexibility index (Phi) is 12.9. The quantitative estimate of drug-likeness (QED) is 0.378. The summed E-state index contributed by atoms with van der Waals surface area (Å²) in [5, 5.41) is -0.189. The van der Waals surface area contributed by atoms with Crippen LogP contribution in [0.5, 0.6) is 5.75 Å². The number of ether oxygens (including phenoxy) is 3. The lowest BCUT2D eigenvalue weighted by Gasteiger charge is -2.28. The summed E-state index contributed by atoms with van der Waals surface area (Å²) in [7, 11) is 3.77. The maximum Gasteiger partial charge on any atom is 0.292 e. The predicted octanol–water partition coefficient (Wildman–Crippen LogP) is 3.99. The van der Waals surface area contributed by atoms with Gasteiger partial charge in [0, 0.05) is 38.1 Å². The van der Waals surface area contributed by atoms with E-state index in [0.29, 0.717) is 43.5 Å². The number of benzene rings is 1. The summed E-state index contributed by atoms with van der Waals surface area (Å²) in [4.78, 5) is 14.8. The number of methoxy groups -OCH3 is 1. The van der Waals surface area contributed by atoms with Crippen molar-refractivity contribution >= 4 is 17.3 Å². The summed E-state index contributed by atoms with van der Waals surface area (Å²) in [5.74, 6) is 0.902. The average Bonchev–Trinajstić information content (AvgIpc) is 2.83. The van der Waals surface area contributed by atoms with Crippen LogP contribution < -0.4 is 9.46 Å². The molecule has 0 saturated heterocycles. The van der Waals surface area contributed by atoms with Crippen LogP contribution in [0.15, 0.2) is 48.6 Å². The van der Waals surface area contributed by atoms with Gasteiger partial charge in [0.2, 0.25) is 0 Å². The molecule has 0 aliphatic carbocycles. The molecule has 35 heavy (non-hydrogen) atoms. The molecule has 7 nitrogen and oxygen atoms in total. The molecular formula is C27H42N2O5S. The highest BCUT2D eigenvalue weighted by Gasteiger charge is 2.22. The standard InChI is InChI=1S/C27H42N2O5S/c1-20-17-29(5)18-21(2)23(4)26(33-16-15-32-6)10-8-7-9-22(3)35(31)28-27(30)24-11-13-25(14-12-24)34-19-20/h8,10-14,20-22,26H,4,7,9,15-19H2,1-3,5-6H3,(H,28,30)/b10-8+. The average molecular weight is 507 g/mol. The van der Waals surface area contributed by atoms with Crippen LogP contribution in [-0.4, -0.2) is 73.8 Å². The zero-order valence-electron chi connectivity index (χ0n) is 21.8. The van der Waals surface area contributed by atoms with Gasteiger partial charge in [-0.25, -0.2) is 0 Å². The molecule has 1 aromatic rings. The van der Waals surface area contributed by atoms with Crippen molar-refractivity contribution in [2.75, 3.05) is 47.1 Å². The number of fused-ring (bicyclic) bond motifs is 17. The van der Waals surface area contributed by atoms with E-state index >= 15 is 0 Å². The summed E-state index contributed by atoms with van der Waals surface area (Å²) in [6, 6.07) is 6.96. The Labute approximate surface area is 214 Å². The molecule has 2 heterocycles. The second-order valence-corrected chi connectivity index (χ2v) is 11.1. The molecule has 0 saturated carbocycles. The molecule has 0 spiro atoms. The van der Waals surface area contributed by atoms with Crippen LogP contribution in [0, 0.1) is 11.8 Å². The highest BCUT2D eigenvalue weighted by atomic mass is 32.2. The number of rotatable bonds is 4. The Balaban J connectivity index is 2.16. The molecule has 1 amide bonds. The van der Waals surface area contributed by atoms with Crippen LogP contribution in [0.1, 0.15) is 44.0 Å². The number of carbonyl (C=O) groups excluding carboxylic acids is 1. The number of allylic oxidation sites excluding steroid dienone is 1. The molecule has 0 fully saturated rings. The molecule has 5 atom stereocenters. The Bertz CT molecular complexity index is 816. The molecule has 0 aromatic heterocycles. The van der Waals surface area contributed by atoms with Crippen molar-refractivity contribution in [3.63, 3.8) is 0 Å². The van der Waals surface area contributed by atoms with Gasteiger partial charge in [-0.1, -0.05) is 32.6 Å². The van der Waals surface area contributed by atoms with Crippen LogP contribution in [0.2, 0.25) is 0 Å². The fraction of sp³-hybridized carbons (Fsp3) is 0.593. The first kappa shape index (κ1) is 29.4. The van der Waals surface area contributed by atoms with E-state index in [4.69, 9.17) is 14.2 Å². The second kappa shape index (κ2) is 15.3. The molecule has 196 valence electrons. The SMILES string of the molecule is C=C1C(C)CN(C)CC(C)COc2ccc(cc2)C(=O)N[S+]([O-])C(C)CC/C=C/C1OCCOC. The van der Waals surface area contributed by atoms with Crippen molar-refractivity contribution in [3.8, 4) is 5.75 Å². The first-order valence-corrected chi connectivity index (χ1v) is 13.5. The topological polar surface area (TPSA) is 83.1 Å². The van der Waals surface area contributed by atoms with Crippen molar-refractivity contribution in [1.82, 2.24) is 9.62 Å². The Morgan fingerprint density at radius 2 is 1.91 bits per heavy atom. The molecule has 0 radical (unpaired) electrons. The molecule has 8 heteroatoms. The molecule has 1 aromatic carbocycles. The van der Waals surface area contributed by atoms with Crippen molar-refractivity contribution in [3.05, 3.63) is 54.1 Å². The van der Waals surface area contributed by atoms with Crippen molar-refractivity contribution < 1.29 is 23.6 Å².